The molecule has 1 aliphatic heterocycles. The first-order valence-electron chi connectivity index (χ1n) is 7.02. The first-order chi connectivity index (χ1) is 9.56. The molecule has 3 rings (SSSR count). The average Bonchev–Trinajstić information content (AvgIpc) is 3.19. The zero-order valence-electron chi connectivity index (χ0n) is 11.5. The number of anilines is 1. The minimum Gasteiger partial charge on any atom is -0.480 e. The highest BCUT2D eigenvalue weighted by Gasteiger charge is 2.51. The number of benzene rings is 1. The molecule has 1 aliphatic carbocycles. The number of nitrogens with zero attached hydrogens (tertiary/aromatic N) is 1. The minimum atomic E-state index is -0.923. The van der Waals surface area contributed by atoms with E-state index in [1.54, 1.807) is 13.1 Å². The number of fused-ring (bicyclic) bond motifs is 1. The Labute approximate surface area is 117 Å². The van der Waals surface area contributed by atoms with Crippen LogP contribution in [0.5, 0.6) is 0 Å². The number of carboxylic acids is 1. The Morgan fingerprint density at radius 1 is 1.55 bits per heavy atom. The molecule has 1 aromatic carbocycles. The lowest BCUT2D eigenvalue weighted by Gasteiger charge is -2.34. The average molecular weight is 278 g/mol. The fourth-order valence-electron chi connectivity index (χ4n) is 3.22. The third-order valence-electron chi connectivity index (χ3n) is 4.58. The van der Waals surface area contributed by atoms with Crippen molar-refractivity contribution < 1.29 is 14.3 Å². The van der Waals surface area contributed by atoms with Crippen molar-refractivity contribution in [1.29, 1.82) is 0 Å². The lowest BCUT2D eigenvalue weighted by molar-refractivity contribution is -0.145. The van der Waals surface area contributed by atoms with Gasteiger partial charge in [-0.2, -0.15) is 0 Å². The molecule has 1 heterocycles. The van der Waals surface area contributed by atoms with Crippen LogP contribution < -0.4 is 10.2 Å². The first kappa shape index (κ1) is 13.4. The summed E-state index contributed by atoms with van der Waals surface area (Å²) in [7, 11) is 1.70. The second kappa shape index (κ2) is 4.74. The van der Waals surface area contributed by atoms with Gasteiger partial charge in [0.15, 0.2) is 0 Å². The van der Waals surface area contributed by atoms with Crippen molar-refractivity contribution in [2.24, 2.45) is 5.92 Å². The zero-order chi connectivity index (χ0) is 14.3. The molecule has 0 saturated heterocycles. The van der Waals surface area contributed by atoms with Gasteiger partial charge >= 0.3 is 5.97 Å². The fourth-order valence-corrected chi connectivity index (χ4v) is 3.22. The molecular formula is C15H19FN2O2. The predicted octanol–water partition coefficient (Wildman–Crippen LogP) is 1.64. The molecule has 5 heteroatoms. The maximum Gasteiger partial charge on any atom is 0.326 e. The van der Waals surface area contributed by atoms with Gasteiger partial charge in [-0.3, -0.25) is 4.79 Å². The second-order valence-corrected chi connectivity index (χ2v) is 5.75. The molecular weight excluding hydrogens is 259 g/mol. The van der Waals surface area contributed by atoms with Gasteiger partial charge < -0.3 is 15.3 Å². The highest BCUT2D eigenvalue weighted by atomic mass is 19.1. The van der Waals surface area contributed by atoms with Crippen LogP contribution in [-0.2, 0) is 11.2 Å². The van der Waals surface area contributed by atoms with Gasteiger partial charge in [0.25, 0.3) is 0 Å². The van der Waals surface area contributed by atoms with Crippen LogP contribution in [0.15, 0.2) is 18.2 Å². The summed E-state index contributed by atoms with van der Waals surface area (Å²) in [6, 6.07) is 4.77. The molecule has 1 atom stereocenters. The van der Waals surface area contributed by atoms with Gasteiger partial charge in [0.2, 0.25) is 0 Å². The summed E-state index contributed by atoms with van der Waals surface area (Å²) in [5.41, 5.74) is 1.01. The quantitative estimate of drug-likeness (QED) is 0.860. The van der Waals surface area contributed by atoms with Crippen molar-refractivity contribution in [3.05, 3.63) is 29.6 Å². The van der Waals surface area contributed by atoms with Crippen LogP contribution in [-0.4, -0.2) is 36.8 Å². The number of carboxylic acid groups (broad SMARTS) is 1. The normalized spacial score (nSPS) is 20.6. The summed E-state index contributed by atoms with van der Waals surface area (Å²) in [5, 5.41) is 12.6. The molecule has 2 N–H and O–H groups in total. The largest absolute Gasteiger partial charge is 0.480 e. The summed E-state index contributed by atoms with van der Waals surface area (Å²) in [4.78, 5) is 13.7. The highest BCUT2D eigenvalue weighted by Crippen LogP contribution is 2.42. The number of aliphatic carboxylic acids is 1. The van der Waals surface area contributed by atoms with Crippen molar-refractivity contribution >= 4 is 11.7 Å². The Hall–Kier alpha value is -1.62. The van der Waals surface area contributed by atoms with E-state index < -0.39 is 11.5 Å². The number of rotatable bonds is 5. The molecule has 0 bridgehead atoms. The second-order valence-electron chi connectivity index (χ2n) is 5.75. The van der Waals surface area contributed by atoms with Crippen LogP contribution in [0.1, 0.15) is 18.4 Å². The van der Waals surface area contributed by atoms with E-state index in [9.17, 15) is 14.3 Å². The predicted molar refractivity (Wildman–Crippen MR) is 74.5 cm³/mol. The number of hydrogen-bond donors (Lipinski definition) is 2. The van der Waals surface area contributed by atoms with Crippen molar-refractivity contribution in [2.45, 2.75) is 24.8 Å². The molecule has 1 saturated carbocycles. The Morgan fingerprint density at radius 2 is 2.30 bits per heavy atom. The fraction of sp³-hybridized carbons (Fsp3) is 0.533. The molecule has 1 fully saturated rings. The minimum absolute atomic E-state index is 0.169. The van der Waals surface area contributed by atoms with Crippen LogP contribution in [0.3, 0.4) is 0 Å². The summed E-state index contributed by atoms with van der Waals surface area (Å²) in [6.45, 7) is 1.14. The van der Waals surface area contributed by atoms with E-state index in [-0.39, 0.29) is 11.7 Å². The first-order valence-corrected chi connectivity index (χ1v) is 7.02. The van der Waals surface area contributed by atoms with Crippen molar-refractivity contribution in [1.82, 2.24) is 5.32 Å². The van der Waals surface area contributed by atoms with E-state index in [4.69, 9.17) is 0 Å². The van der Waals surface area contributed by atoms with E-state index in [1.165, 1.54) is 12.1 Å². The molecule has 108 valence electrons. The topological polar surface area (TPSA) is 52.6 Å². The molecule has 2 aliphatic rings. The van der Waals surface area contributed by atoms with E-state index in [1.807, 2.05) is 4.90 Å². The van der Waals surface area contributed by atoms with Crippen LogP contribution >= 0.6 is 0 Å². The molecule has 0 spiro atoms. The Kier molecular flexibility index (Phi) is 3.17. The van der Waals surface area contributed by atoms with Gasteiger partial charge in [-0.15, -0.1) is 0 Å². The monoisotopic (exact) mass is 278 g/mol. The summed E-state index contributed by atoms with van der Waals surface area (Å²) in [5.74, 6) is -0.914. The summed E-state index contributed by atoms with van der Waals surface area (Å²) < 4.78 is 13.4. The number of hydrogen-bond acceptors (Lipinski definition) is 3. The molecule has 0 radical (unpaired) electrons. The lowest BCUT2D eigenvalue weighted by Crippen LogP contribution is -2.59. The van der Waals surface area contributed by atoms with Crippen LogP contribution in [0.2, 0.25) is 0 Å². The Bertz CT molecular complexity index is 545. The van der Waals surface area contributed by atoms with Crippen molar-refractivity contribution in [3.63, 3.8) is 0 Å². The van der Waals surface area contributed by atoms with Crippen LogP contribution in [0, 0.1) is 11.7 Å². The number of carbonyl (C=O) groups is 1. The van der Waals surface area contributed by atoms with Crippen LogP contribution in [0.25, 0.3) is 0 Å². The molecule has 1 unspecified atom stereocenters. The SMILES string of the molecule is CNC(CN1CCc2ccc(F)cc21)(C(=O)O)C1CC1. The molecule has 4 nitrogen and oxygen atoms in total. The van der Waals surface area contributed by atoms with E-state index >= 15 is 0 Å². The maximum absolute atomic E-state index is 13.4. The summed E-state index contributed by atoms with van der Waals surface area (Å²) in [6.07, 6.45) is 2.73. The zero-order valence-corrected chi connectivity index (χ0v) is 11.5. The van der Waals surface area contributed by atoms with Gasteiger partial charge in [-0.05, 0) is 49.9 Å². The third kappa shape index (κ3) is 2.06. The molecule has 0 amide bonds. The van der Waals surface area contributed by atoms with Gasteiger partial charge in [-0.25, -0.2) is 4.39 Å². The molecule has 20 heavy (non-hydrogen) atoms. The van der Waals surface area contributed by atoms with E-state index in [2.05, 4.69) is 5.32 Å². The standard InChI is InChI=1S/C15H19FN2O2/c1-17-15(14(19)20,11-3-4-11)9-18-7-6-10-2-5-12(16)8-13(10)18/h2,5,8,11,17H,3-4,6-7,9H2,1H3,(H,19,20). The summed E-state index contributed by atoms with van der Waals surface area (Å²) >= 11 is 0. The van der Waals surface area contributed by atoms with Crippen molar-refractivity contribution in [2.75, 3.05) is 25.0 Å². The smallest absolute Gasteiger partial charge is 0.326 e. The molecule has 1 aromatic rings. The maximum atomic E-state index is 13.4. The van der Waals surface area contributed by atoms with Crippen molar-refractivity contribution in [3.8, 4) is 0 Å². The van der Waals surface area contributed by atoms with E-state index in [0.29, 0.717) is 6.54 Å². The van der Waals surface area contributed by atoms with Gasteiger partial charge in [-0.1, -0.05) is 6.07 Å². The number of halogens is 1. The molecule has 0 aromatic heterocycles. The lowest BCUT2D eigenvalue weighted by atomic mass is 9.92. The number of nitrogens with one attached hydrogen (secondary N) is 1. The van der Waals surface area contributed by atoms with Gasteiger partial charge in [0.05, 0.1) is 0 Å². The van der Waals surface area contributed by atoms with E-state index in [0.717, 1.165) is 37.1 Å². The highest BCUT2D eigenvalue weighted by molar-refractivity contribution is 5.81. The van der Waals surface area contributed by atoms with Crippen LogP contribution in [0.4, 0.5) is 10.1 Å². The number of likely N-dealkylation sites (N-methyl/N-ethyl adjacent to an activating group) is 1. The Balaban J connectivity index is 1.88. The van der Waals surface area contributed by atoms with Gasteiger partial charge in [0, 0.05) is 18.8 Å². The Morgan fingerprint density at radius 3 is 2.90 bits per heavy atom. The third-order valence-corrected chi connectivity index (χ3v) is 4.58. The van der Waals surface area contributed by atoms with Gasteiger partial charge in [0.1, 0.15) is 11.4 Å².